The largest absolute Gasteiger partial charge is 0.512 e. The molecule has 0 aliphatic heterocycles. The van der Waals surface area contributed by atoms with Crippen molar-refractivity contribution >= 4 is 17.3 Å². The van der Waals surface area contributed by atoms with E-state index in [4.69, 9.17) is 15.3 Å². The van der Waals surface area contributed by atoms with Gasteiger partial charge in [-0.25, -0.2) is 0 Å². The van der Waals surface area contributed by atoms with Gasteiger partial charge < -0.3 is 15.3 Å². The van der Waals surface area contributed by atoms with Crippen LogP contribution in [0.2, 0.25) is 0 Å². The van der Waals surface area contributed by atoms with Crippen LogP contribution in [0.1, 0.15) is 41.5 Å². The number of ketones is 3. The third kappa shape index (κ3) is 51.0. The van der Waals surface area contributed by atoms with E-state index in [1.165, 1.54) is 59.8 Å². The summed E-state index contributed by atoms with van der Waals surface area (Å²) in [7, 11) is 0. The Morgan fingerprint density at radius 2 is 0.682 bits per heavy atom. The fraction of sp³-hybridized carbons (Fsp3) is 0.400. The first kappa shape index (κ1) is 29.0. The van der Waals surface area contributed by atoms with Gasteiger partial charge in [0.05, 0.1) is 17.3 Å². The van der Waals surface area contributed by atoms with Crippen LogP contribution in [-0.4, -0.2) is 32.7 Å². The molecule has 0 heterocycles. The molecule has 132 valence electrons. The minimum absolute atomic E-state index is 0. The van der Waals surface area contributed by atoms with Crippen LogP contribution < -0.4 is 0 Å². The summed E-state index contributed by atoms with van der Waals surface area (Å²) in [5.74, 6) is -0.187. The summed E-state index contributed by atoms with van der Waals surface area (Å²) >= 11 is 0. The first-order valence-electron chi connectivity index (χ1n) is 6.02. The quantitative estimate of drug-likeness (QED) is 0.434. The molecule has 0 fully saturated rings. The molecule has 0 aromatic heterocycles. The molecule has 0 aliphatic rings. The molecule has 6 nitrogen and oxygen atoms in total. The molecular formula is C15H24ErO6. The number of aliphatic hydroxyl groups excluding tert-OH is 3. The second kappa shape index (κ2) is 17.9. The molecule has 0 aromatic carbocycles. The van der Waals surface area contributed by atoms with Crippen molar-refractivity contribution in [1.82, 2.24) is 0 Å². The fourth-order valence-electron chi connectivity index (χ4n) is 0.882. The average Bonchev–Trinajstić information content (AvgIpc) is 2.10. The summed E-state index contributed by atoms with van der Waals surface area (Å²) in [6.07, 6.45) is 3.50. The SMILES string of the molecule is CC(=O)/C=C(/C)O.CC(=O)/C=C(/C)O.CC(=O)/C=C(/C)O.[Er]. The monoisotopic (exact) mass is 466 g/mol. The van der Waals surface area contributed by atoms with Gasteiger partial charge in [-0.05, 0) is 41.5 Å². The number of carbonyl (C=O) groups excluding carboxylic acids is 3. The minimum atomic E-state index is -0.125. The van der Waals surface area contributed by atoms with Crippen LogP contribution in [0.25, 0.3) is 0 Å². The fourth-order valence-corrected chi connectivity index (χ4v) is 0.882. The summed E-state index contributed by atoms with van der Waals surface area (Å²) in [5, 5.41) is 25.1. The maximum atomic E-state index is 10.0. The van der Waals surface area contributed by atoms with E-state index >= 15 is 0 Å². The normalized spacial score (nSPS) is 10.9. The van der Waals surface area contributed by atoms with Gasteiger partial charge in [0.15, 0.2) is 17.3 Å². The number of rotatable bonds is 3. The zero-order valence-corrected chi connectivity index (χ0v) is 15.4. The number of carbonyl (C=O) groups is 3. The number of hydrogen-bond acceptors (Lipinski definition) is 6. The summed E-state index contributed by atoms with van der Waals surface area (Å²) in [6.45, 7) is 8.54. The van der Waals surface area contributed by atoms with E-state index in [2.05, 4.69) is 0 Å². The van der Waals surface area contributed by atoms with Crippen molar-refractivity contribution in [3.05, 3.63) is 35.5 Å². The van der Waals surface area contributed by atoms with Gasteiger partial charge in [-0.2, -0.15) is 0 Å². The number of hydrogen-bond donors (Lipinski definition) is 3. The maximum Gasteiger partial charge on any atom is 0.155 e. The molecule has 7 heteroatoms. The minimum Gasteiger partial charge on any atom is -0.512 e. The predicted molar refractivity (Wildman–Crippen MR) is 81.2 cm³/mol. The molecule has 0 aliphatic carbocycles. The van der Waals surface area contributed by atoms with Gasteiger partial charge in [0.2, 0.25) is 0 Å². The molecular weight excluding hydrogens is 443 g/mol. The van der Waals surface area contributed by atoms with Gasteiger partial charge in [0.1, 0.15) is 0 Å². The Balaban J connectivity index is -0.000000108. The van der Waals surface area contributed by atoms with Crippen LogP contribution >= 0.6 is 0 Å². The average molecular weight is 468 g/mol. The van der Waals surface area contributed by atoms with E-state index < -0.39 is 0 Å². The Bertz CT molecular complexity index is 368. The van der Waals surface area contributed by atoms with Crippen LogP contribution in [0.3, 0.4) is 0 Å². The van der Waals surface area contributed by atoms with Crippen molar-refractivity contribution < 1.29 is 67.0 Å². The van der Waals surface area contributed by atoms with Crippen molar-refractivity contribution in [1.29, 1.82) is 0 Å². The second-order valence-electron chi connectivity index (χ2n) is 4.19. The Labute approximate surface area is 160 Å². The molecule has 0 rings (SSSR count). The van der Waals surface area contributed by atoms with E-state index in [0.717, 1.165) is 0 Å². The molecule has 0 spiro atoms. The molecule has 0 unspecified atom stereocenters. The smallest absolute Gasteiger partial charge is 0.155 e. The molecule has 0 saturated carbocycles. The molecule has 0 radical (unpaired) electrons. The van der Waals surface area contributed by atoms with E-state index in [1.807, 2.05) is 0 Å². The summed E-state index contributed by atoms with van der Waals surface area (Å²) in [4.78, 5) is 30.1. The van der Waals surface area contributed by atoms with Crippen LogP contribution in [0.4, 0.5) is 0 Å². The molecule has 0 saturated heterocycles. The molecule has 0 bridgehead atoms. The van der Waals surface area contributed by atoms with Crippen molar-refractivity contribution in [2.75, 3.05) is 0 Å². The molecule has 0 aromatic rings. The Hall–Kier alpha value is -1.12. The maximum absolute atomic E-state index is 10.0. The Kier molecular flexibility index (Phi) is 23.6. The summed E-state index contributed by atoms with van der Waals surface area (Å²) in [5.41, 5.74) is 0. The third-order valence-electron chi connectivity index (χ3n) is 1.24. The summed E-state index contributed by atoms with van der Waals surface area (Å²) in [6, 6.07) is 0. The molecule has 0 amide bonds. The van der Waals surface area contributed by atoms with Gasteiger partial charge >= 0.3 is 0 Å². The van der Waals surface area contributed by atoms with Crippen molar-refractivity contribution in [3.63, 3.8) is 0 Å². The zero-order chi connectivity index (χ0) is 17.6. The van der Waals surface area contributed by atoms with Crippen LogP contribution in [-0.2, 0) is 14.4 Å². The van der Waals surface area contributed by atoms with E-state index in [-0.39, 0.29) is 71.9 Å². The van der Waals surface area contributed by atoms with Crippen molar-refractivity contribution in [2.45, 2.75) is 41.5 Å². The number of allylic oxidation sites excluding steroid dienone is 6. The van der Waals surface area contributed by atoms with Crippen molar-refractivity contribution in [3.8, 4) is 0 Å². The third-order valence-corrected chi connectivity index (χ3v) is 1.24. The second-order valence-corrected chi connectivity index (χ2v) is 4.19. The first-order chi connectivity index (χ1) is 9.38. The van der Waals surface area contributed by atoms with Crippen LogP contribution in [0, 0.1) is 37.3 Å². The van der Waals surface area contributed by atoms with E-state index in [9.17, 15) is 14.4 Å². The Morgan fingerprint density at radius 3 is 0.682 bits per heavy atom. The van der Waals surface area contributed by atoms with Gasteiger partial charge in [-0.1, -0.05) is 0 Å². The van der Waals surface area contributed by atoms with Crippen LogP contribution in [0.15, 0.2) is 35.5 Å². The Morgan fingerprint density at radius 1 is 0.545 bits per heavy atom. The molecule has 0 atom stereocenters. The van der Waals surface area contributed by atoms with Gasteiger partial charge in [-0.15, -0.1) is 0 Å². The van der Waals surface area contributed by atoms with Gasteiger partial charge in [0.25, 0.3) is 0 Å². The molecule has 22 heavy (non-hydrogen) atoms. The van der Waals surface area contributed by atoms with E-state index in [0.29, 0.717) is 0 Å². The predicted octanol–water partition coefficient (Wildman–Crippen LogP) is 3.11. The standard InChI is InChI=1S/3C5H8O2.Er/c3*1-4(6)3-5(2)7;/h3*3,6H,1-2H3;/b3*4-3-;. The first-order valence-corrected chi connectivity index (χ1v) is 6.02. The van der Waals surface area contributed by atoms with Crippen molar-refractivity contribution in [2.24, 2.45) is 0 Å². The number of aliphatic hydroxyl groups is 3. The van der Waals surface area contributed by atoms with E-state index in [1.54, 1.807) is 0 Å². The topological polar surface area (TPSA) is 112 Å². The van der Waals surface area contributed by atoms with Crippen LogP contribution in [0.5, 0.6) is 0 Å². The van der Waals surface area contributed by atoms with Gasteiger partial charge in [-0.3, -0.25) is 14.4 Å². The molecule has 3 N–H and O–H groups in total. The summed E-state index contributed by atoms with van der Waals surface area (Å²) < 4.78 is 0. The zero-order valence-electron chi connectivity index (χ0n) is 13.6. The van der Waals surface area contributed by atoms with Gasteiger partial charge in [0, 0.05) is 55.5 Å².